The number of nitrogens with zero attached hydrogens (tertiary/aromatic N) is 2. The molecular formula is C20H22N2O5S2. The molecule has 0 N–H and O–H groups in total. The summed E-state index contributed by atoms with van der Waals surface area (Å²) in [5, 5.41) is -0.0467. The Labute approximate surface area is 174 Å². The summed E-state index contributed by atoms with van der Waals surface area (Å²) in [5.74, 6) is 0.656. The first kappa shape index (κ1) is 21.4. The summed E-state index contributed by atoms with van der Waals surface area (Å²) in [6, 6.07) is 11.5. The van der Waals surface area contributed by atoms with E-state index in [4.69, 9.17) is 9.15 Å². The second-order valence-electron chi connectivity index (χ2n) is 6.50. The Bertz CT molecular complexity index is 1120. The highest BCUT2D eigenvalue weighted by atomic mass is 32.2. The molecule has 0 saturated carbocycles. The van der Waals surface area contributed by atoms with Gasteiger partial charge in [-0.25, -0.2) is 17.7 Å². The molecule has 154 valence electrons. The lowest BCUT2D eigenvalue weighted by atomic mass is 10.1. The number of ether oxygens (including phenoxy) is 1. The number of benzene rings is 2. The first-order valence-electron chi connectivity index (χ1n) is 8.94. The van der Waals surface area contributed by atoms with E-state index in [1.807, 2.05) is 6.92 Å². The highest BCUT2D eigenvalue weighted by Crippen LogP contribution is 2.31. The fraction of sp³-hybridized carbons (Fsp3) is 0.300. The predicted molar refractivity (Wildman–Crippen MR) is 112 cm³/mol. The van der Waals surface area contributed by atoms with Crippen LogP contribution in [-0.4, -0.2) is 49.9 Å². The molecule has 0 spiro atoms. The maximum absolute atomic E-state index is 12.8. The molecule has 7 nitrogen and oxygen atoms in total. The number of hydrogen-bond acceptors (Lipinski definition) is 7. The highest BCUT2D eigenvalue weighted by molar-refractivity contribution is 8.00. The van der Waals surface area contributed by atoms with E-state index in [0.29, 0.717) is 34.1 Å². The molecule has 1 heterocycles. The van der Waals surface area contributed by atoms with Crippen molar-refractivity contribution in [2.24, 2.45) is 0 Å². The molecule has 0 fully saturated rings. The van der Waals surface area contributed by atoms with Crippen LogP contribution in [0.3, 0.4) is 0 Å². The number of rotatable bonds is 8. The summed E-state index contributed by atoms with van der Waals surface area (Å²) in [4.78, 5) is 17.4. The normalized spacial score (nSPS) is 13.0. The van der Waals surface area contributed by atoms with Crippen molar-refractivity contribution in [1.29, 1.82) is 0 Å². The van der Waals surface area contributed by atoms with Gasteiger partial charge < -0.3 is 9.15 Å². The Morgan fingerprint density at radius 2 is 1.90 bits per heavy atom. The van der Waals surface area contributed by atoms with Crippen molar-refractivity contribution < 1.29 is 22.4 Å². The third kappa shape index (κ3) is 4.47. The second kappa shape index (κ2) is 8.56. The van der Waals surface area contributed by atoms with Gasteiger partial charge in [0.2, 0.25) is 10.0 Å². The Morgan fingerprint density at radius 3 is 2.48 bits per heavy atom. The SMILES string of the molecule is CCC(Sc1nc2cc(S(=O)(=O)N(C)C)ccc2o1)C(=O)c1ccc(OC)cc1. The van der Waals surface area contributed by atoms with E-state index in [1.165, 1.54) is 38.0 Å². The summed E-state index contributed by atoms with van der Waals surface area (Å²) in [7, 11) is 0.957. The van der Waals surface area contributed by atoms with Crippen molar-refractivity contribution in [2.45, 2.75) is 28.7 Å². The van der Waals surface area contributed by atoms with Crippen molar-refractivity contribution in [3.05, 3.63) is 48.0 Å². The van der Waals surface area contributed by atoms with Gasteiger partial charge in [0.1, 0.15) is 11.3 Å². The molecule has 3 rings (SSSR count). The Hall–Kier alpha value is -2.36. The summed E-state index contributed by atoms with van der Waals surface area (Å²) in [6.45, 7) is 1.92. The van der Waals surface area contributed by atoms with Crippen molar-refractivity contribution in [3.63, 3.8) is 0 Å². The molecule has 1 aromatic heterocycles. The standard InChI is InChI=1S/C20H22N2O5S2/c1-5-18(19(23)13-6-8-14(26-4)9-7-13)28-20-21-16-12-15(10-11-17(16)27-20)29(24,25)22(2)3/h6-12,18H,5H2,1-4H3. The van der Waals surface area contributed by atoms with E-state index in [-0.39, 0.29) is 15.9 Å². The average molecular weight is 435 g/mol. The van der Waals surface area contributed by atoms with Gasteiger partial charge in [-0.05, 0) is 48.9 Å². The minimum atomic E-state index is -3.56. The minimum absolute atomic E-state index is 0.0294. The summed E-state index contributed by atoms with van der Waals surface area (Å²) in [5.41, 5.74) is 1.49. The summed E-state index contributed by atoms with van der Waals surface area (Å²) < 4.78 is 36.6. The van der Waals surface area contributed by atoms with Crippen molar-refractivity contribution in [1.82, 2.24) is 9.29 Å². The molecule has 0 radical (unpaired) electrons. The van der Waals surface area contributed by atoms with Gasteiger partial charge >= 0.3 is 0 Å². The van der Waals surface area contributed by atoms with Gasteiger partial charge in [-0.3, -0.25) is 4.79 Å². The first-order chi connectivity index (χ1) is 13.8. The van der Waals surface area contributed by atoms with E-state index in [1.54, 1.807) is 37.4 Å². The van der Waals surface area contributed by atoms with Crippen molar-refractivity contribution in [2.75, 3.05) is 21.2 Å². The Morgan fingerprint density at radius 1 is 1.21 bits per heavy atom. The van der Waals surface area contributed by atoms with Crippen molar-refractivity contribution >= 4 is 38.7 Å². The number of ketones is 1. The zero-order valence-corrected chi connectivity index (χ0v) is 18.2. The van der Waals surface area contributed by atoms with Crippen LogP contribution in [0.5, 0.6) is 5.75 Å². The van der Waals surface area contributed by atoms with Gasteiger partial charge in [-0.1, -0.05) is 18.7 Å². The van der Waals surface area contributed by atoms with Crippen LogP contribution in [0, 0.1) is 0 Å². The quantitative estimate of drug-likeness (QED) is 0.393. The maximum Gasteiger partial charge on any atom is 0.257 e. The van der Waals surface area contributed by atoms with E-state index in [9.17, 15) is 13.2 Å². The van der Waals surface area contributed by atoms with E-state index < -0.39 is 10.0 Å². The molecule has 9 heteroatoms. The van der Waals surface area contributed by atoms with Gasteiger partial charge in [-0.2, -0.15) is 0 Å². The number of fused-ring (bicyclic) bond motifs is 1. The van der Waals surface area contributed by atoms with Crippen molar-refractivity contribution in [3.8, 4) is 5.75 Å². The molecule has 3 aromatic rings. The van der Waals surface area contributed by atoms with Crippen LogP contribution in [0.4, 0.5) is 0 Å². The lowest BCUT2D eigenvalue weighted by Gasteiger charge is -2.11. The van der Waals surface area contributed by atoms with Gasteiger partial charge in [0.15, 0.2) is 11.4 Å². The summed E-state index contributed by atoms with van der Waals surface area (Å²) >= 11 is 1.23. The molecule has 1 unspecified atom stereocenters. The van der Waals surface area contributed by atoms with Crippen LogP contribution in [0.15, 0.2) is 57.0 Å². The van der Waals surface area contributed by atoms with Gasteiger partial charge in [-0.15, -0.1) is 0 Å². The van der Waals surface area contributed by atoms with Crippen LogP contribution in [0.2, 0.25) is 0 Å². The number of thioether (sulfide) groups is 1. The largest absolute Gasteiger partial charge is 0.497 e. The van der Waals surface area contributed by atoms with Crippen LogP contribution in [0.25, 0.3) is 11.1 Å². The number of Topliss-reactive ketones (excluding diaryl/α,β-unsaturated/α-hetero) is 1. The fourth-order valence-electron chi connectivity index (χ4n) is 2.69. The predicted octanol–water partition coefficient (Wildman–Crippen LogP) is 3.84. The zero-order chi connectivity index (χ0) is 21.2. The van der Waals surface area contributed by atoms with Crippen LogP contribution >= 0.6 is 11.8 Å². The molecule has 29 heavy (non-hydrogen) atoms. The number of aromatic nitrogens is 1. The molecule has 0 aliphatic heterocycles. The fourth-order valence-corrected chi connectivity index (χ4v) is 4.56. The lowest BCUT2D eigenvalue weighted by Crippen LogP contribution is -2.22. The summed E-state index contributed by atoms with van der Waals surface area (Å²) in [6.07, 6.45) is 0.592. The minimum Gasteiger partial charge on any atom is -0.497 e. The Kier molecular flexibility index (Phi) is 6.30. The van der Waals surface area contributed by atoms with Gasteiger partial charge in [0, 0.05) is 19.7 Å². The number of carbonyl (C=O) groups is 1. The van der Waals surface area contributed by atoms with E-state index in [2.05, 4.69) is 4.98 Å². The molecule has 0 aliphatic carbocycles. The first-order valence-corrected chi connectivity index (χ1v) is 11.3. The highest BCUT2D eigenvalue weighted by Gasteiger charge is 2.23. The molecule has 1 atom stereocenters. The average Bonchev–Trinajstić information content (AvgIpc) is 3.13. The molecule has 0 saturated heterocycles. The number of methoxy groups -OCH3 is 1. The topological polar surface area (TPSA) is 89.7 Å². The van der Waals surface area contributed by atoms with Crippen LogP contribution in [0.1, 0.15) is 23.7 Å². The number of hydrogen-bond donors (Lipinski definition) is 0. The molecule has 2 aromatic carbocycles. The third-order valence-corrected chi connectivity index (χ3v) is 7.42. The number of carbonyl (C=O) groups excluding carboxylic acids is 1. The van der Waals surface area contributed by atoms with Crippen LogP contribution in [-0.2, 0) is 10.0 Å². The van der Waals surface area contributed by atoms with E-state index >= 15 is 0 Å². The third-order valence-electron chi connectivity index (χ3n) is 4.40. The monoisotopic (exact) mass is 434 g/mol. The molecule has 0 aliphatic rings. The second-order valence-corrected chi connectivity index (χ2v) is 9.81. The maximum atomic E-state index is 12.8. The lowest BCUT2D eigenvalue weighted by molar-refractivity contribution is 0.0987. The molecular weight excluding hydrogens is 412 g/mol. The van der Waals surface area contributed by atoms with Crippen LogP contribution < -0.4 is 4.74 Å². The smallest absolute Gasteiger partial charge is 0.257 e. The molecule has 0 bridgehead atoms. The Balaban J connectivity index is 1.84. The molecule has 0 amide bonds. The van der Waals surface area contributed by atoms with Gasteiger partial charge in [0.05, 0.1) is 17.3 Å². The van der Waals surface area contributed by atoms with E-state index in [0.717, 1.165) is 4.31 Å². The number of oxazole rings is 1. The zero-order valence-electron chi connectivity index (χ0n) is 16.6. The van der Waals surface area contributed by atoms with Gasteiger partial charge in [0.25, 0.3) is 5.22 Å². The number of sulfonamides is 1.